The van der Waals surface area contributed by atoms with Crippen molar-refractivity contribution in [2.75, 3.05) is 38.0 Å². The van der Waals surface area contributed by atoms with Crippen molar-refractivity contribution in [3.63, 3.8) is 0 Å². The summed E-state index contributed by atoms with van der Waals surface area (Å²) in [6.07, 6.45) is 1.81. The predicted molar refractivity (Wildman–Crippen MR) is 163 cm³/mol. The van der Waals surface area contributed by atoms with Gasteiger partial charge in [0, 0.05) is 35.8 Å². The Hall–Kier alpha value is -4.11. The van der Waals surface area contributed by atoms with E-state index < -0.39 is 22.9 Å². The zero-order valence-electron chi connectivity index (χ0n) is 24.2. The average Bonchev–Trinajstić information content (AvgIpc) is 2.96. The second-order valence-electron chi connectivity index (χ2n) is 9.95. The number of benzene rings is 2. The third-order valence-corrected chi connectivity index (χ3v) is 7.17. The number of halogens is 2. The zero-order chi connectivity index (χ0) is 29.5. The van der Waals surface area contributed by atoms with Crippen molar-refractivity contribution < 1.29 is 8.78 Å². The molecule has 0 spiro atoms. The first-order chi connectivity index (χ1) is 19.8. The van der Waals surface area contributed by atoms with Crippen molar-refractivity contribution in [2.24, 2.45) is 0 Å². The van der Waals surface area contributed by atoms with E-state index in [1.165, 1.54) is 12.1 Å². The van der Waals surface area contributed by atoms with Gasteiger partial charge in [-0.25, -0.2) is 13.8 Å². The van der Waals surface area contributed by atoms with Crippen molar-refractivity contribution in [1.29, 1.82) is 0 Å². The number of aryl methyl sites for hydroxylation is 1. The van der Waals surface area contributed by atoms with Gasteiger partial charge in [-0.15, -0.1) is 0 Å². The van der Waals surface area contributed by atoms with Gasteiger partial charge in [0.2, 0.25) is 5.95 Å². The molecule has 0 saturated heterocycles. The highest BCUT2D eigenvalue weighted by atomic mass is 19.1. The van der Waals surface area contributed by atoms with Crippen LogP contribution in [0.3, 0.4) is 0 Å². The van der Waals surface area contributed by atoms with Crippen LogP contribution in [-0.2, 0) is 0 Å². The van der Waals surface area contributed by atoms with Crippen LogP contribution in [0.1, 0.15) is 44.7 Å². The van der Waals surface area contributed by atoms with Gasteiger partial charge >= 0.3 is 0 Å². The maximum absolute atomic E-state index is 15.0. The van der Waals surface area contributed by atoms with Gasteiger partial charge in [0.1, 0.15) is 17.3 Å². The summed E-state index contributed by atoms with van der Waals surface area (Å²) in [5, 5.41) is 7.10. The van der Waals surface area contributed by atoms with Gasteiger partial charge in [0.05, 0.1) is 5.69 Å². The van der Waals surface area contributed by atoms with E-state index in [0.717, 1.165) is 78.1 Å². The van der Waals surface area contributed by atoms with Crippen molar-refractivity contribution >= 4 is 22.7 Å². The maximum atomic E-state index is 15.0. The van der Waals surface area contributed by atoms with Crippen LogP contribution < -0.4 is 16.2 Å². The third-order valence-electron chi connectivity index (χ3n) is 7.17. The number of rotatable bonds is 13. The van der Waals surface area contributed by atoms with Crippen LogP contribution in [0, 0.1) is 18.6 Å². The van der Waals surface area contributed by atoms with Crippen LogP contribution in [0.2, 0.25) is 0 Å². The Morgan fingerprint density at radius 1 is 1.00 bits per heavy atom. The lowest BCUT2D eigenvalue weighted by Gasteiger charge is -2.19. The van der Waals surface area contributed by atoms with E-state index in [1.807, 2.05) is 25.1 Å². The summed E-state index contributed by atoms with van der Waals surface area (Å²) in [5.74, 6) is -1.44. The van der Waals surface area contributed by atoms with Gasteiger partial charge in [-0.2, -0.15) is 4.98 Å². The number of anilines is 1. The lowest BCUT2D eigenvalue weighted by Crippen LogP contribution is -2.25. The first-order valence-electron chi connectivity index (χ1n) is 14.2. The molecular weight excluding hydrogens is 522 g/mol. The van der Waals surface area contributed by atoms with E-state index >= 15 is 0 Å². The molecule has 2 N–H and O–H groups in total. The highest BCUT2D eigenvalue weighted by molar-refractivity contribution is 5.93. The minimum absolute atomic E-state index is 0.116. The highest BCUT2D eigenvalue weighted by Gasteiger charge is 2.20. The second kappa shape index (κ2) is 13.5. The molecule has 2 heterocycles. The number of nitrogens with one attached hydrogen (secondary N) is 2. The molecule has 0 atom stereocenters. The molecule has 0 fully saturated rings. The fraction of sp³-hybridized carbons (Fsp3) is 0.344. The number of hydrogen-bond acceptors (Lipinski definition) is 6. The Bertz CT molecular complexity index is 1580. The summed E-state index contributed by atoms with van der Waals surface area (Å²) in [7, 11) is 0. The third kappa shape index (κ3) is 6.62. The summed E-state index contributed by atoms with van der Waals surface area (Å²) >= 11 is 0. The van der Waals surface area contributed by atoms with E-state index in [2.05, 4.69) is 47.9 Å². The number of pyridine rings is 1. The number of hydrogen-bond donors (Lipinski definition) is 2. The smallest absolute Gasteiger partial charge is 0.256 e. The quantitative estimate of drug-likeness (QED) is 0.191. The van der Waals surface area contributed by atoms with Gasteiger partial charge in [-0.1, -0.05) is 45.5 Å². The molecule has 4 aromatic rings. The summed E-state index contributed by atoms with van der Waals surface area (Å²) < 4.78 is 31.0. The molecule has 0 aliphatic rings. The van der Waals surface area contributed by atoms with Crippen LogP contribution >= 0.6 is 0 Å². The van der Waals surface area contributed by atoms with Crippen LogP contribution in [0.5, 0.6) is 0 Å². The molecule has 2 aromatic heterocycles. The Morgan fingerprint density at radius 3 is 2.41 bits per heavy atom. The van der Waals surface area contributed by atoms with Crippen LogP contribution in [-0.4, -0.2) is 52.2 Å². The molecule has 0 unspecified atom stereocenters. The van der Waals surface area contributed by atoms with E-state index in [-0.39, 0.29) is 11.6 Å². The standard InChI is InChI=1S/C32H38F2N6O/c1-6-17-35-22(5)23-14-13-21(4)25(20-23)29-24-15-16-28(41)40(30-26(33)11-9-12-27(30)34)31(24)38-32(37-29)36-18-10-19-39(7-2)8-3/h9,11-16,20,35H,5-8,10,17-19H2,1-4H3,(H,36,37,38). The molecule has 0 aliphatic heterocycles. The summed E-state index contributed by atoms with van der Waals surface area (Å²) in [4.78, 5) is 25.0. The van der Waals surface area contributed by atoms with Gasteiger partial charge in [0.15, 0.2) is 5.65 Å². The van der Waals surface area contributed by atoms with E-state index in [4.69, 9.17) is 4.98 Å². The van der Waals surface area contributed by atoms with Gasteiger partial charge in [-0.05, 0) is 74.8 Å². The van der Waals surface area contributed by atoms with Crippen LogP contribution in [0.15, 0.2) is 59.9 Å². The van der Waals surface area contributed by atoms with Crippen LogP contribution in [0.25, 0.3) is 33.7 Å². The fourth-order valence-electron chi connectivity index (χ4n) is 4.80. The zero-order valence-corrected chi connectivity index (χ0v) is 24.2. The SMILES string of the molecule is C=C(NCCC)c1ccc(C)c(-c2nc(NCCCN(CC)CC)nc3c2ccc(=O)n3-c2c(F)cccc2F)c1. The monoisotopic (exact) mass is 560 g/mol. The highest BCUT2D eigenvalue weighted by Crippen LogP contribution is 2.32. The average molecular weight is 561 g/mol. The minimum Gasteiger partial charge on any atom is -0.385 e. The molecule has 0 saturated carbocycles. The van der Waals surface area contributed by atoms with Crippen LogP contribution in [0.4, 0.5) is 14.7 Å². The number of aromatic nitrogens is 3. The number of fused-ring (bicyclic) bond motifs is 1. The number of nitrogens with zero attached hydrogens (tertiary/aromatic N) is 4. The molecule has 0 aliphatic carbocycles. The van der Waals surface area contributed by atoms with Crippen molar-refractivity contribution in [3.05, 3.63) is 88.2 Å². The topological polar surface area (TPSA) is 75.1 Å². The lowest BCUT2D eigenvalue weighted by atomic mass is 9.98. The second-order valence-corrected chi connectivity index (χ2v) is 9.95. The summed E-state index contributed by atoms with van der Waals surface area (Å²) in [5.41, 5.74) is 3.03. The minimum atomic E-state index is -0.857. The Morgan fingerprint density at radius 2 is 1.73 bits per heavy atom. The molecule has 216 valence electrons. The molecule has 0 bridgehead atoms. The molecular formula is C32H38F2N6O. The molecule has 7 nitrogen and oxygen atoms in total. The van der Waals surface area contributed by atoms with Gasteiger partial charge in [-0.3, -0.25) is 9.36 Å². The summed E-state index contributed by atoms with van der Waals surface area (Å²) in [6.45, 7) is 16.7. The lowest BCUT2D eigenvalue weighted by molar-refractivity contribution is 0.303. The molecule has 4 rings (SSSR count). The summed E-state index contributed by atoms with van der Waals surface area (Å²) in [6, 6.07) is 12.4. The Balaban J connectivity index is 1.90. The predicted octanol–water partition coefficient (Wildman–Crippen LogP) is 6.15. The molecule has 2 aromatic carbocycles. The van der Waals surface area contributed by atoms with Crippen molar-refractivity contribution in [2.45, 2.75) is 40.5 Å². The van der Waals surface area contributed by atoms with E-state index in [9.17, 15) is 13.6 Å². The first-order valence-corrected chi connectivity index (χ1v) is 14.2. The fourth-order valence-corrected chi connectivity index (χ4v) is 4.80. The van der Waals surface area contributed by atoms with Crippen molar-refractivity contribution in [3.8, 4) is 16.9 Å². The van der Waals surface area contributed by atoms with E-state index in [0.29, 0.717) is 17.6 Å². The first kappa shape index (κ1) is 29.9. The van der Waals surface area contributed by atoms with Gasteiger partial charge in [0.25, 0.3) is 5.56 Å². The number of para-hydroxylation sites is 1. The molecule has 9 heteroatoms. The Kier molecular flexibility index (Phi) is 9.83. The maximum Gasteiger partial charge on any atom is 0.256 e. The molecule has 41 heavy (non-hydrogen) atoms. The molecule has 0 amide bonds. The van der Waals surface area contributed by atoms with Crippen molar-refractivity contribution in [1.82, 2.24) is 24.8 Å². The largest absolute Gasteiger partial charge is 0.385 e. The normalized spacial score (nSPS) is 11.3. The van der Waals surface area contributed by atoms with E-state index in [1.54, 1.807) is 6.07 Å². The molecule has 0 radical (unpaired) electrons. The Labute approximate surface area is 240 Å². The van der Waals surface area contributed by atoms with Gasteiger partial charge < -0.3 is 15.5 Å².